The minimum atomic E-state index is -0.273. The summed E-state index contributed by atoms with van der Waals surface area (Å²) in [5, 5.41) is 8.03. The summed E-state index contributed by atoms with van der Waals surface area (Å²) in [5.41, 5.74) is 2.83. The van der Waals surface area contributed by atoms with Crippen LogP contribution in [0.15, 0.2) is 40.9 Å². The average molecular weight is 402 g/mol. The number of halogens is 1. The summed E-state index contributed by atoms with van der Waals surface area (Å²) in [6.45, 7) is 8.83. The van der Waals surface area contributed by atoms with Gasteiger partial charge in [0.2, 0.25) is 0 Å². The van der Waals surface area contributed by atoms with Crippen LogP contribution in [0.25, 0.3) is 0 Å². The number of aryl methyl sites for hydroxylation is 3. The number of rotatable bonds is 7. The Bertz CT molecular complexity index is 977. The van der Waals surface area contributed by atoms with Crippen LogP contribution in [-0.2, 0) is 13.2 Å². The van der Waals surface area contributed by atoms with Crippen LogP contribution in [0.1, 0.15) is 53.0 Å². The summed E-state index contributed by atoms with van der Waals surface area (Å²) in [7, 11) is 0. The van der Waals surface area contributed by atoms with Crippen LogP contribution >= 0.6 is 11.6 Å². The van der Waals surface area contributed by atoms with E-state index in [9.17, 15) is 4.79 Å². The van der Waals surface area contributed by atoms with Gasteiger partial charge in [0.15, 0.2) is 5.76 Å². The van der Waals surface area contributed by atoms with Crippen molar-refractivity contribution in [3.8, 4) is 5.75 Å². The van der Waals surface area contributed by atoms with E-state index in [0.717, 1.165) is 29.1 Å². The summed E-state index contributed by atoms with van der Waals surface area (Å²) in [4.78, 5) is 12.5. The van der Waals surface area contributed by atoms with Crippen molar-refractivity contribution in [2.24, 2.45) is 0 Å². The molecule has 6 nitrogen and oxygen atoms in total. The van der Waals surface area contributed by atoms with E-state index in [4.69, 9.17) is 20.8 Å². The smallest absolute Gasteiger partial charge is 0.287 e. The molecule has 2 aromatic heterocycles. The molecule has 3 aromatic rings. The summed E-state index contributed by atoms with van der Waals surface area (Å²) in [6, 6.07) is 8.64. The Labute approximate surface area is 169 Å². The quantitative estimate of drug-likeness (QED) is 0.615. The van der Waals surface area contributed by atoms with Crippen molar-refractivity contribution >= 4 is 17.5 Å². The van der Waals surface area contributed by atoms with Gasteiger partial charge in [0, 0.05) is 23.3 Å². The SMILES string of the molecule is CCn1cc(C(C)NC(=O)c2ccc(COc3ccc(Cl)cc3C)o2)c(C)n1. The zero-order chi connectivity index (χ0) is 20.3. The van der Waals surface area contributed by atoms with Crippen molar-refractivity contribution in [3.63, 3.8) is 0 Å². The Morgan fingerprint density at radius 1 is 1.32 bits per heavy atom. The molecule has 0 spiro atoms. The number of benzene rings is 1. The molecule has 2 heterocycles. The highest BCUT2D eigenvalue weighted by atomic mass is 35.5. The molecule has 0 radical (unpaired) electrons. The number of carbonyl (C=O) groups is 1. The molecule has 0 saturated carbocycles. The third-order valence-corrected chi connectivity index (χ3v) is 4.75. The molecule has 0 aliphatic carbocycles. The number of ether oxygens (including phenoxy) is 1. The van der Waals surface area contributed by atoms with Gasteiger partial charge in [-0.1, -0.05) is 11.6 Å². The Kier molecular flexibility index (Phi) is 6.09. The number of hydrogen-bond donors (Lipinski definition) is 1. The van der Waals surface area contributed by atoms with Crippen molar-refractivity contribution in [2.45, 2.75) is 46.9 Å². The number of furan rings is 1. The maximum absolute atomic E-state index is 12.5. The first-order valence-electron chi connectivity index (χ1n) is 9.19. The standard InChI is InChI=1S/C21H24ClN3O3/c1-5-25-11-18(15(4)24-25)14(3)23-21(26)20-9-7-17(28-20)12-27-19-8-6-16(22)10-13(19)2/h6-11,14H,5,12H2,1-4H3,(H,23,26). The van der Waals surface area contributed by atoms with Crippen LogP contribution in [0.3, 0.4) is 0 Å². The van der Waals surface area contributed by atoms with E-state index in [-0.39, 0.29) is 24.3 Å². The van der Waals surface area contributed by atoms with E-state index in [1.165, 1.54) is 0 Å². The van der Waals surface area contributed by atoms with Crippen LogP contribution < -0.4 is 10.1 Å². The van der Waals surface area contributed by atoms with E-state index in [1.807, 2.05) is 50.7 Å². The summed E-state index contributed by atoms with van der Waals surface area (Å²) in [5.74, 6) is 1.27. The first kappa shape index (κ1) is 20.0. The van der Waals surface area contributed by atoms with Gasteiger partial charge in [0.05, 0.1) is 11.7 Å². The van der Waals surface area contributed by atoms with Gasteiger partial charge in [0.25, 0.3) is 5.91 Å². The highest BCUT2D eigenvalue weighted by Gasteiger charge is 2.18. The lowest BCUT2D eigenvalue weighted by Gasteiger charge is -2.12. The van der Waals surface area contributed by atoms with Gasteiger partial charge in [-0.25, -0.2) is 0 Å². The van der Waals surface area contributed by atoms with Gasteiger partial charge in [0.1, 0.15) is 18.1 Å². The van der Waals surface area contributed by atoms with E-state index in [2.05, 4.69) is 10.4 Å². The molecule has 28 heavy (non-hydrogen) atoms. The first-order chi connectivity index (χ1) is 13.4. The van der Waals surface area contributed by atoms with E-state index >= 15 is 0 Å². The monoisotopic (exact) mass is 401 g/mol. The fraction of sp³-hybridized carbons (Fsp3) is 0.333. The predicted molar refractivity (Wildman–Crippen MR) is 108 cm³/mol. The van der Waals surface area contributed by atoms with E-state index in [0.29, 0.717) is 10.8 Å². The molecule has 0 bridgehead atoms. The second-order valence-electron chi connectivity index (χ2n) is 6.69. The molecule has 1 amide bonds. The second kappa shape index (κ2) is 8.52. The lowest BCUT2D eigenvalue weighted by molar-refractivity contribution is 0.0907. The fourth-order valence-electron chi connectivity index (χ4n) is 2.97. The highest BCUT2D eigenvalue weighted by molar-refractivity contribution is 6.30. The van der Waals surface area contributed by atoms with Crippen LogP contribution in [0.2, 0.25) is 5.02 Å². The van der Waals surface area contributed by atoms with Gasteiger partial charge in [-0.3, -0.25) is 9.48 Å². The van der Waals surface area contributed by atoms with Crippen LogP contribution in [0.5, 0.6) is 5.75 Å². The molecular weight excluding hydrogens is 378 g/mol. The van der Waals surface area contributed by atoms with E-state index < -0.39 is 0 Å². The number of amides is 1. The summed E-state index contributed by atoms with van der Waals surface area (Å²) < 4.78 is 13.3. The molecule has 0 fully saturated rings. The molecule has 1 atom stereocenters. The first-order valence-corrected chi connectivity index (χ1v) is 9.57. The molecule has 7 heteroatoms. The second-order valence-corrected chi connectivity index (χ2v) is 7.12. The largest absolute Gasteiger partial charge is 0.485 e. The average Bonchev–Trinajstić information content (AvgIpc) is 3.27. The zero-order valence-corrected chi connectivity index (χ0v) is 17.2. The molecule has 1 aromatic carbocycles. The number of nitrogens with one attached hydrogen (secondary N) is 1. The maximum Gasteiger partial charge on any atom is 0.287 e. The van der Waals surface area contributed by atoms with Crippen molar-refractivity contribution in [1.82, 2.24) is 15.1 Å². The van der Waals surface area contributed by atoms with Crippen LogP contribution in [0.4, 0.5) is 0 Å². The van der Waals surface area contributed by atoms with Crippen molar-refractivity contribution in [2.75, 3.05) is 0 Å². The van der Waals surface area contributed by atoms with Gasteiger partial charge < -0.3 is 14.5 Å². The fourth-order valence-corrected chi connectivity index (χ4v) is 3.19. The minimum Gasteiger partial charge on any atom is -0.485 e. The van der Waals surface area contributed by atoms with Crippen LogP contribution in [0, 0.1) is 13.8 Å². The Morgan fingerprint density at radius 3 is 2.79 bits per heavy atom. The number of hydrogen-bond acceptors (Lipinski definition) is 4. The van der Waals surface area contributed by atoms with Crippen molar-refractivity contribution in [1.29, 1.82) is 0 Å². The molecular formula is C21H24ClN3O3. The van der Waals surface area contributed by atoms with Gasteiger partial charge in [-0.15, -0.1) is 0 Å². The lowest BCUT2D eigenvalue weighted by atomic mass is 10.1. The number of carbonyl (C=O) groups excluding carboxylic acids is 1. The number of aromatic nitrogens is 2. The Hall–Kier alpha value is -2.73. The predicted octanol–water partition coefficient (Wildman–Crippen LogP) is 4.84. The Morgan fingerprint density at radius 2 is 2.11 bits per heavy atom. The molecule has 3 rings (SSSR count). The van der Waals surface area contributed by atoms with Crippen molar-refractivity contribution in [3.05, 3.63) is 69.9 Å². The van der Waals surface area contributed by atoms with Gasteiger partial charge >= 0.3 is 0 Å². The zero-order valence-electron chi connectivity index (χ0n) is 16.5. The summed E-state index contributed by atoms with van der Waals surface area (Å²) >= 11 is 5.95. The molecule has 0 saturated heterocycles. The maximum atomic E-state index is 12.5. The molecule has 1 unspecified atom stereocenters. The molecule has 1 N–H and O–H groups in total. The topological polar surface area (TPSA) is 69.3 Å². The third kappa shape index (κ3) is 4.57. The Balaban J connectivity index is 1.61. The van der Waals surface area contributed by atoms with Crippen LogP contribution in [-0.4, -0.2) is 15.7 Å². The third-order valence-electron chi connectivity index (χ3n) is 4.51. The lowest BCUT2D eigenvalue weighted by Crippen LogP contribution is -2.26. The van der Waals surface area contributed by atoms with Gasteiger partial charge in [-0.2, -0.15) is 5.10 Å². The number of nitrogens with zero attached hydrogens (tertiary/aromatic N) is 2. The van der Waals surface area contributed by atoms with Crippen molar-refractivity contribution < 1.29 is 13.9 Å². The summed E-state index contributed by atoms with van der Waals surface area (Å²) in [6.07, 6.45) is 1.95. The molecule has 0 aliphatic heterocycles. The minimum absolute atomic E-state index is 0.172. The van der Waals surface area contributed by atoms with Gasteiger partial charge in [-0.05, 0) is 63.6 Å². The normalized spacial score (nSPS) is 12.0. The molecule has 0 aliphatic rings. The highest BCUT2D eigenvalue weighted by Crippen LogP contribution is 2.23. The van der Waals surface area contributed by atoms with E-state index in [1.54, 1.807) is 18.2 Å². The molecule has 148 valence electrons.